The van der Waals surface area contributed by atoms with Gasteiger partial charge in [-0.15, -0.1) is 17.9 Å². The van der Waals surface area contributed by atoms with E-state index in [1.54, 1.807) is 13.2 Å². The summed E-state index contributed by atoms with van der Waals surface area (Å²) in [6.45, 7) is 3.38. The average Bonchev–Trinajstić information content (AvgIpc) is 3.69. The molecule has 0 bridgehead atoms. The lowest BCUT2D eigenvalue weighted by Crippen LogP contribution is -2.35. The fourth-order valence-electron chi connectivity index (χ4n) is 6.46. The van der Waals surface area contributed by atoms with Gasteiger partial charge in [0.15, 0.2) is 0 Å². The van der Waals surface area contributed by atoms with Crippen LogP contribution in [-0.4, -0.2) is 44.4 Å². The topological polar surface area (TPSA) is 88.8 Å². The van der Waals surface area contributed by atoms with Crippen molar-refractivity contribution < 1.29 is 19.4 Å². The number of methoxy groups -OCH3 is 1. The van der Waals surface area contributed by atoms with Crippen LogP contribution in [0.1, 0.15) is 53.4 Å². The van der Waals surface area contributed by atoms with Crippen molar-refractivity contribution in [2.24, 2.45) is 5.92 Å². The van der Waals surface area contributed by atoms with Gasteiger partial charge >= 0.3 is 5.97 Å². The molecular weight excluding hydrogens is 577 g/mol. The van der Waals surface area contributed by atoms with Crippen LogP contribution in [0.3, 0.4) is 0 Å². The molecule has 2 fully saturated rings. The number of amides is 1. The maximum absolute atomic E-state index is 13.5. The first-order valence-corrected chi connectivity index (χ1v) is 15.4. The third-order valence-corrected chi connectivity index (χ3v) is 10.9. The zero-order valence-corrected chi connectivity index (χ0v) is 24.8. The highest BCUT2D eigenvalue weighted by molar-refractivity contribution is 8.30. The van der Waals surface area contributed by atoms with Crippen LogP contribution < -0.4 is 19.5 Å². The molecule has 1 N–H and O–H groups in total. The molecule has 3 aliphatic rings. The number of fused-ring (bicyclic) bond motifs is 3. The standard InChI is InChI=1S/C31H28N2O5S3/c1-3-13-32-29(37)27(41-31(32)39)30-33(16-25(34)35)28(36)24(40-30)15-17-7-12-22-23(14-17)20-5-4-6-21(20)26(22)18-8-10-19(38-2)11-9-18/h3,7-12,14-15,20-21,26H,1,4-6,13,16H2,2H3,(H,34,35)/b24-15+,30-27+. The highest BCUT2D eigenvalue weighted by Crippen LogP contribution is 2.57. The molecule has 2 heterocycles. The second-order valence-electron chi connectivity index (χ2n) is 10.4. The highest BCUT2D eigenvalue weighted by Gasteiger charge is 2.43. The van der Waals surface area contributed by atoms with Gasteiger partial charge < -0.3 is 9.84 Å². The molecular formula is C31H28N2O5S3. The van der Waals surface area contributed by atoms with E-state index in [1.165, 1.54) is 39.0 Å². The Morgan fingerprint density at radius 3 is 2.66 bits per heavy atom. The van der Waals surface area contributed by atoms with Gasteiger partial charge in [-0.05, 0) is 65.1 Å². The zero-order chi connectivity index (χ0) is 28.8. The zero-order valence-electron chi connectivity index (χ0n) is 22.4. The fourth-order valence-corrected chi connectivity index (χ4v) is 8.99. The van der Waals surface area contributed by atoms with Crippen LogP contribution in [0.25, 0.3) is 11.0 Å². The maximum atomic E-state index is 13.5. The number of aromatic nitrogens is 1. The number of rotatable bonds is 7. The Bertz CT molecular complexity index is 1770. The molecule has 3 aromatic rings. The van der Waals surface area contributed by atoms with E-state index in [-0.39, 0.29) is 17.4 Å². The predicted molar refractivity (Wildman–Crippen MR) is 166 cm³/mol. The monoisotopic (exact) mass is 604 g/mol. The minimum absolute atomic E-state index is 0.247. The Labute approximate surface area is 250 Å². The summed E-state index contributed by atoms with van der Waals surface area (Å²) in [4.78, 5) is 39.9. The summed E-state index contributed by atoms with van der Waals surface area (Å²) in [5.74, 6) is 0.666. The van der Waals surface area contributed by atoms with E-state index < -0.39 is 18.1 Å². The smallest absolute Gasteiger partial charge is 0.323 e. The summed E-state index contributed by atoms with van der Waals surface area (Å²) in [5, 5.41) is 9.53. The fraction of sp³-hybridized carbons (Fsp3) is 0.290. The molecule has 41 heavy (non-hydrogen) atoms. The Balaban J connectivity index is 1.45. The largest absolute Gasteiger partial charge is 0.497 e. The quantitative estimate of drug-likeness (QED) is 0.322. The third kappa shape index (κ3) is 4.87. The van der Waals surface area contributed by atoms with Crippen molar-refractivity contribution in [3.05, 3.63) is 96.9 Å². The minimum atomic E-state index is -1.16. The number of thiazole rings is 1. The maximum Gasteiger partial charge on any atom is 0.323 e. The summed E-state index contributed by atoms with van der Waals surface area (Å²) < 4.78 is 7.57. The highest BCUT2D eigenvalue weighted by atomic mass is 32.2. The number of thiocarbonyl (C=S) groups is 1. The number of carboxylic acid groups (broad SMARTS) is 1. The molecule has 10 heteroatoms. The summed E-state index contributed by atoms with van der Waals surface area (Å²) >= 11 is 7.58. The first-order valence-electron chi connectivity index (χ1n) is 13.4. The van der Waals surface area contributed by atoms with Crippen molar-refractivity contribution in [1.82, 2.24) is 9.47 Å². The van der Waals surface area contributed by atoms with E-state index >= 15 is 0 Å². The lowest BCUT2D eigenvalue weighted by Gasteiger charge is -2.20. The molecule has 3 atom stereocenters. The van der Waals surface area contributed by atoms with Crippen LogP contribution in [0, 0.1) is 5.92 Å². The van der Waals surface area contributed by atoms with Gasteiger partial charge in [-0.3, -0.25) is 23.9 Å². The summed E-state index contributed by atoms with van der Waals surface area (Å²) in [6.07, 6.45) is 6.90. The van der Waals surface area contributed by atoms with Gasteiger partial charge in [0.2, 0.25) is 0 Å². The molecule has 2 aromatic carbocycles. The molecule has 1 aliphatic heterocycles. The molecule has 2 aliphatic carbocycles. The summed E-state index contributed by atoms with van der Waals surface area (Å²) in [7, 11) is 1.67. The molecule has 3 unspecified atom stereocenters. The normalized spacial score (nSPS) is 23.2. The van der Waals surface area contributed by atoms with Crippen LogP contribution in [0.2, 0.25) is 0 Å². The molecule has 210 valence electrons. The number of aliphatic carboxylic acids is 1. The van der Waals surface area contributed by atoms with E-state index in [1.807, 2.05) is 24.3 Å². The molecule has 1 saturated heterocycles. The minimum Gasteiger partial charge on any atom is -0.497 e. The number of nitrogens with zero attached hydrogens (tertiary/aromatic N) is 2. The summed E-state index contributed by atoms with van der Waals surface area (Å²) in [5.41, 5.74) is 4.40. The number of carbonyl (C=O) groups is 2. The number of hydrogen-bond acceptors (Lipinski definition) is 7. The molecule has 0 radical (unpaired) electrons. The molecule has 6 rings (SSSR count). The third-order valence-electron chi connectivity index (χ3n) is 8.17. The van der Waals surface area contributed by atoms with Gasteiger partial charge in [0, 0.05) is 12.5 Å². The lowest BCUT2D eigenvalue weighted by atomic mass is 9.84. The Morgan fingerprint density at radius 1 is 1.17 bits per heavy atom. The molecule has 7 nitrogen and oxygen atoms in total. The molecule has 1 saturated carbocycles. The van der Waals surface area contributed by atoms with Crippen molar-refractivity contribution >= 4 is 62.5 Å². The van der Waals surface area contributed by atoms with Crippen molar-refractivity contribution in [3.8, 4) is 5.75 Å². The Hall–Kier alpha value is -3.47. The Morgan fingerprint density at radius 2 is 1.95 bits per heavy atom. The number of thioether (sulfide) groups is 1. The van der Waals surface area contributed by atoms with E-state index in [0.29, 0.717) is 31.3 Å². The second kappa shape index (κ2) is 11.1. The lowest BCUT2D eigenvalue weighted by molar-refractivity contribution is -0.137. The number of carbonyl (C=O) groups excluding carboxylic acids is 1. The molecule has 0 spiro atoms. The van der Waals surface area contributed by atoms with E-state index in [0.717, 1.165) is 40.8 Å². The molecule has 1 aromatic heterocycles. The van der Waals surface area contributed by atoms with Gasteiger partial charge in [-0.1, -0.05) is 66.8 Å². The van der Waals surface area contributed by atoms with Crippen LogP contribution in [0.15, 0.2) is 59.9 Å². The van der Waals surface area contributed by atoms with Gasteiger partial charge in [0.25, 0.3) is 11.5 Å². The van der Waals surface area contributed by atoms with Crippen LogP contribution in [0.4, 0.5) is 0 Å². The van der Waals surface area contributed by atoms with Crippen molar-refractivity contribution in [1.29, 1.82) is 0 Å². The van der Waals surface area contributed by atoms with Crippen molar-refractivity contribution in [2.75, 3.05) is 13.7 Å². The van der Waals surface area contributed by atoms with Crippen LogP contribution in [0.5, 0.6) is 5.75 Å². The van der Waals surface area contributed by atoms with E-state index in [4.69, 9.17) is 17.0 Å². The predicted octanol–water partition coefficient (Wildman–Crippen LogP) is 4.02. The van der Waals surface area contributed by atoms with Gasteiger partial charge in [-0.2, -0.15) is 0 Å². The van der Waals surface area contributed by atoms with Crippen LogP contribution in [-0.2, 0) is 16.1 Å². The van der Waals surface area contributed by atoms with E-state index in [9.17, 15) is 19.5 Å². The Kier molecular flexibility index (Phi) is 7.48. The number of ether oxygens (including phenoxy) is 1. The van der Waals surface area contributed by atoms with Crippen LogP contribution >= 0.6 is 35.3 Å². The van der Waals surface area contributed by atoms with Crippen molar-refractivity contribution in [3.63, 3.8) is 0 Å². The van der Waals surface area contributed by atoms with Gasteiger partial charge in [0.1, 0.15) is 26.2 Å². The van der Waals surface area contributed by atoms with Gasteiger partial charge in [0.05, 0.1) is 11.6 Å². The number of carboxylic acids is 1. The van der Waals surface area contributed by atoms with E-state index in [2.05, 4.69) is 30.8 Å². The SMILES string of the molecule is C=CCN1C(=O)/C(=c2\s/c(=C/c3ccc4c(c3)C3CCCC3C4c3ccc(OC)cc3)c(=O)n2CC(=O)O)SC1=S. The number of hydrogen-bond donors (Lipinski definition) is 1. The molecule has 1 amide bonds. The van der Waals surface area contributed by atoms with Crippen molar-refractivity contribution in [2.45, 2.75) is 37.6 Å². The number of benzene rings is 2. The average molecular weight is 605 g/mol. The van der Waals surface area contributed by atoms with Gasteiger partial charge in [-0.25, -0.2) is 0 Å². The first kappa shape index (κ1) is 27.7. The summed E-state index contributed by atoms with van der Waals surface area (Å²) in [6, 6.07) is 14.7. The first-order chi connectivity index (χ1) is 19.8. The second-order valence-corrected chi connectivity index (χ2v) is 13.1.